The van der Waals surface area contributed by atoms with Crippen molar-refractivity contribution in [3.63, 3.8) is 0 Å². The highest BCUT2D eigenvalue weighted by Gasteiger charge is 2.38. The van der Waals surface area contributed by atoms with E-state index in [0.29, 0.717) is 28.2 Å². The number of aliphatic imine (C=N–C) groups is 1. The number of rotatable bonds is 1. The Morgan fingerprint density at radius 2 is 1.87 bits per heavy atom. The van der Waals surface area contributed by atoms with Crippen LogP contribution in [0.25, 0.3) is 11.0 Å². The molecule has 0 aliphatic carbocycles. The van der Waals surface area contributed by atoms with E-state index in [-0.39, 0.29) is 16.6 Å². The largest absolute Gasteiger partial charge is 0.492 e. The third-order valence-electron chi connectivity index (χ3n) is 5.73. The minimum atomic E-state index is -0.213. The lowest BCUT2D eigenvalue weighted by molar-refractivity contribution is 0.271. The van der Waals surface area contributed by atoms with Crippen LogP contribution < -0.4 is 10.2 Å². The van der Waals surface area contributed by atoms with Crippen molar-refractivity contribution in [2.75, 3.05) is 6.61 Å². The highest BCUT2D eigenvalue weighted by atomic mass is 35.5. The van der Waals surface area contributed by atoms with Gasteiger partial charge in [0.05, 0.1) is 40.8 Å². The molecule has 3 aromatic carbocycles. The van der Waals surface area contributed by atoms with Crippen LogP contribution in [0.15, 0.2) is 92.1 Å². The highest BCUT2D eigenvalue weighted by Crippen LogP contribution is 2.50. The van der Waals surface area contributed by atoms with Gasteiger partial charge in [0.2, 0.25) is 0 Å². The van der Waals surface area contributed by atoms with Gasteiger partial charge >= 0.3 is 0 Å². The Hall–Kier alpha value is -3.02. The van der Waals surface area contributed by atoms with E-state index in [2.05, 4.69) is 0 Å². The molecule has 4 nitrogen and oxygen atoms in total. The summed E-state index contributed by atoms with van der Waals surface area (Å²) in [7, 11) is 0. The smallest absolute Gasteiger partial charge is 0.197 e. The van der Waals surface area contributed by atoms with Crippen molar-refractivity contribution in [3.05, 3.63) is 99.4 Å². The first-order valence-corrected chi connectivity index (χ1v) is 11.2. The Balaban J connectivity index is 1.59. The van der Waals surface area contributed by atoms with Crippen molar-refractivity contribution in [2.24, 2.45) is 10.9 Å². The molecule has 31 heavy (non-hydrogen) atoms. The second kappa shape index (κ2) is 7.29. The molecular weight excluding hydrogens is 430 g/mol. The van der Waals surface area contributed by atoms with Crippen LogP contribution >= 0.6 is 23.4 Å². The number of nitrogens with zero attached hydrogens (tertiary/aromatic N) is 1. The van der Waals surface area contributed by atoms with Crippen LogP contribution in [0.4, 0.5) is 5.69 Å². The van der Waals surface area contributed by atoms with Gasteiger partial charge in [-0.25, -0.2) is 0 Å². The Bertz CT molecular complexity index is 1430. The number of hydrogen-bond donors (Lipinski definition) is 0. The summed E-state index contributed by atoms with van der Waals surface area (Å²) in [5, 5.41) is 0.991. The summed E-state index contributed by atoms with van der Waals surface area (Å²) < 4.78 is 12.0. The average Bonchev–Trinajstić information content (AvgIpc) is 2.96. The van der Waals surface area contributed by atoms with Crippen molar-refractivity contribution in [1.82, 2.24) is 0 Å². The predicted molar refractivity (Wildman–Crippen MR) is 124 cm³/mol. The Labute approximate surface area is 187 Å². The van der Waals surface area contributed by atoms with E-state index in [1.807, 2.05) is 60.7 Å². The zero-order valence-corrected chi connectivity index (χ0v) is 17.8. The zero-order chi connectivity index (χ0) is 20.9. The van der Waals surface area contributed by atoms with Crippen molar-refractivity contribution < 1.29 is 9.15 Å². The van der Waals surface area contributed by atoms with Crippen molar-refractivity contribution >= 4 is 45.7 Å². The molecule has 3 heterocycles. The monoisotopic (exact) mass is 445 g/mol. The maximum atomic E-state index is 13.5. The summed E-state index contributed by atoms with van der Waals surface area (Å²) in [6.07, 6.45) is 1.60. The van der Waals surface area contributed by atoms with E-state index in [1.54, 1.807) is 24.1 Å². The van der Waals surface area contributed by atoms with Crippen LogP contribution in [-0.4, -0.2) is 12.3 Å². The first kappa shape index (κ1) is 18.7. The SMILES string of the molecule is O=c1c([C@@H]2Sc3ccccc3N=C3c4cc(Cl)ccc4OC[C@H]32)coc2ccccc12. The number of halogens is 1. The van der Waals surface area contributed by atoms with Gasteiger partial charge in [-0.3, -0.25) is 9.79 Å². The molecule has 0 saturated heterocycles. The summed E-state index contributed by atoms with van der Waals surface area (Å²) in [4.78, 5) is 19.5. The molecule has 152 valence electrons. The number of ether oxygens (including phenoxy) is 1. The molecule has 6 heteroatoms. The number of benzene rings is 3. The fourth-order valence-corrected chi connectivity index (χ4v) is 5.73. The first-order valence-electron chi connectivity index (χ1n) is 9.96. The molecule has 0 radical (unpaired) electrons. The van der Waals surface area contributed by atoms with E-state index in [0.717, 1.165) is 27.6 Å². The summed E-state index contributed by atoms with van der Waals surface area (Å²) in [6.45, 7) is 0.422. The molecular formula is C25H16ClNO3S. The van der Waals surface area contributed by atoms with Crippen molar-refractivity contribution in [2.45, 2.75) is 10.1 Å². The topological polar surface area (TPSA) is 51.8 Å². The lowest BCUT2D eigenvalue weighted by Crippen LogP contribution is -2.33. The van der Waals surface area contributed by atoms with Crippen LogP contribution in [0.3, 0.4) is 0 Å². The normalized spacial score (nSPS) is 19.5. The van der Waals surface area contributed by atoms with E-state index in [1.165, 1.54) is 0 Å². The van der Waals surface area contributed by atoms with Gasteiger partial charge in [-0.15, -0.1) is 11.8 Å². The summed E-state index contributed by atoms with van der Waals surface area (Å²) in [5.41, 5.74) is 3.83. The summed E-state index contributed by atoms with van der Waals surface area (Å²) in [6, 6.07) is 20.9. The zero-order valence-electron chi connectivity index (χ0n) is 16.2. The average molecular weight is 446 g/mol. The fraction of sp³-hybridized carbons (Fsp3) is 0.120. The van der Waals surface area contributed by atoms with Crippen molar-refractivity contribution in [3.8, 4) is 5.75 Å². The molecule has 0 amide bonds. The molecule has 2 atom stereocenters. The molecule has 0 spiro atoms. The molecule has 4 aromatic rings. The van der Waals surface area contributed by atoms with Gasteiger partial charge in [0.1, 0.15) is 11.3 Å². The number of thioether (sulfide) groups is 1. The third kappa shape index (κ3) is 3.08. The third-order valence-corrected chi connectivity index (χ3v) is 7.40. The molecule has 1 aromatic heterocycles. The number of para-hydroxylation sites is 2. The van der Waals surface area contributed by atoms with E-state index >= 15 is 0 Å². The Morgan fingerprint density at radius 3 is 2.81 bits per heavy atom. The lowest BCUT2D eigenvalue weighted by atomic mass is 9.88. The van der Waals surface area contributed by atoms with Gasteiger partial charge < -0.3 is 9.15 Å². The van der Waals surface area contributed by atoms with Crippen LogP contribution in [0.1, 0.15) is 16.4 Å². The molecule has 2 aliphatic heterocycles. The predicted octanol–water partition coefficient (Wildman–Crippen LogP) is 6.42. The standard InChI is InChI=1S/C25H16ClNO3S/c26-14-9-10-21-16(11-14)23-17(12-29-21)25(31-22-8-4-2-6-19(22)27-23)18-13-30-20-7-3-1-5-15(20)24(18)28/h1-11,13,17,25H,12H2/t17-,25-/m1/s1. The van der Waals surface area contributed by atoms with Crippen LogP contribution in [0.5, 0.6) is 5.75 Å². The van der Waals surface area contributed by atoms with Crippen molar-refractivity contribution in [1.29, 1.82) is 0 Å². The van der Waals surface area contributed by atoms with Gasteiger partial charge in [0, 0.05) is 21.0 Å². The molecule has 0 fully saturated rings. The molecule has 0 bridgehead atoms. The van der Waals surface area contributed by atoms with E-state index in [9.17, 15) is 4.79 Å². The highest BCUT2D eigenvalue weighted by molar-refractivity contribution is 7.99. The minimum Gasteiger partial charge on any atom is -0.492 e. The number of hydrogen-bond acceptors (Lipinski definition) is 5. The Morgan fingerprint density at radius 1 is 1.03 bits per heavy atom. The second-order valence-electron chi connectivity index (χ2n) is 7.58. The quantitative estimate of drug-likeness (QED) is 0.339. The van der Waals surface area contributed by atoms with E-state index < -0.39 is 0 Å². The molecule has 2 aliphatic rings. The molecule has 0 N–H and O–H groups in total. The van der Waals surface area contributed by atoms with Gasteiger partial charge in [-0.05, 0) is 42.5 Å². The molecule has 0 saturated carbocycles. The fourth-order valence-electron chi connectivity index (χ4n) is 4.23. The van der Waals surface area contributed by atoms with Gasteiger partial charge in [0.25, 0.3) is 0 Å². The van der Waals surface area contributed by atoms with Gasteiger partial charge in [-0.2, -0.15) is 0 Å². The van der Waals surface area contributed by atoms with E-state index in [4.69, 9.17) is 25.7 Å². The van der Waals surface area contributed by atoms with Gasteiger partial charge in [0.15, 0.2) is 5.43 Å². The molecule has 0 unspecified atom stereocenters. The first-order chi connectivity index (χ1) is 15.2. The second-order valence-corrected chi connectivity index (χ2v) is 9.20. The summed E-state index contributed by atoms with van der Waals surface area (Å²) >= 11 is 7.94. The Kier molecular flexibility index (Phi) is 4.40. The lowest BCUT2D eigenvalue weighted by Gasteiger charge is -2.31. The maximum Gasteiger partial charge on any atom is 0.197 e. The van der Waals surface area contributed by atoms with Crippen LogP contribution in [-0.2, 0) is 0 Å². The minimum absolute atomic E-state index is 0.0185. The van der Waals surface area contributed by atoms with Crippen LogP contribution in [0, 0.1) is 5.92 Å². The molecule has 6 rings (SSSR count). The summed E-state index contributed by atoms with van der Waals surface area (Å²) in [5.74, 6) is 0.625. The van der Waals surface area contributed by atoms with Gasteiger partial charge in [-0.1, -0.05) is 35.9 Å². The van der Waals surface area contributed by atoms with Crippen LogP contribution in [0.2, 0.25) is 5.02 Å². The number of fused-ring (bicyclic) bond motifs is 5. The maximum absolute atomic E-state index is 13.5.